The van der Waals surface area contributed by atoms with Gasteiger partial charge >= 0.3 is 0 Å². The summed E-state index contributed by atoms with van der Waals surface area (Å²) < 4.78 is 19.1. The minimum atomic E-state index is -0.452. The number of pyridine rings is 1. The quantitative estimate of drug-likeness (QED) is 0.674. The molecule has 0 atom stereocenters. The number of morpholine rings is 1. The summed E-state index contributed by atoms with van der Waals surface area (Å²) in [6.07, 6.45) is 2.57. The molecule has 154 valence electrons. The van der Waals surface area contributed by atoms with Gasteiger partial charge in [-0.15, -0.1) is 0 Å². The fourth-order valence-corrected chi connectivity index (χ4v) is 3.32. The largest absolute Gasteiger partial charge is 0.378 e. The highest BCUT2D eigenvalue weighted by Crippen LogP contribution is 2.21. The van der Waals surface area contributed by atoms with Crippen LogP contribution in [0, 0.1) is 5.82 Å². The van der Waals surface area contributed by atoms with Crippen molar-refractivity contribution in [3.05, 3.63) is 70.8 Å². The van der Waals surface area contributed by atoms with Crippen LogP contribution in [0.5, 0.6) is 0 Å². The van der Waals surface area contributed by atoms with Crippen LogP contribution in [0.15, 0.2) is 48.8 Å². The predicted molar refractivity (Wildman–Crippen MR) is 111 cm³/mol. The number of nitrogens with one attached hydrogen (secondary N) is 1. The Balaban J connectivity index is 1.49. The van der Waals surface area contributed by atoms with E-state index in [0.29, 0.717) is 54.0 Å². The van der Waals surface area contributed by atoms with Crippen molar-refractivity contribution in [1.29, 1.82) is 0 Å². The second-order valence-corrected chi connectivity index (χ2v) is 7.19. The Morgan fingerprint density at radius 2 is 1.93 bits per heavy atom. The number of carbonyl (C=O) groups is 1. The first-order valence-corrected chi connectivity index (χ1v) is 9.82. The van der Waals surface area contributed by atoms with Crippen LogP contribution in [0.2, 0.25) is 5.02 Å². The van der Waals surface area contributed by atoms with Crippen LogP contribution in [-0.4, -0.2) is 47.4 Å². The van der Waals surface area contributed by atoms with Gasteiger partial charge in [0.2, 0.25) is 0 Å². The molecule has 0 saturated carbocycles. The summed E-state index contributed by atoms with van der Waals surface area (Å²) in [5.41, 5.74) is 2.31. The van der Waals surface area contributed by atoms with Gasteiger partial charge in [0.15, 0.2) is 0 Å². The van der Waals surface area contributed by atoms with Crippen LogP contribution in [-0.2, 0) is 11.3 Å². The molecule has 1 N–H and O–H groups in total. The van der Waals surface area contributed by atoms with E-state index in [0.717, 1.165) is 5.56 Å². The zero-order chi connectivity index (χ0) is 20.9. The third-order valence-corrected chi connectivity index (χ3v) is 4.97. The van der Waals surface area contributed by atoms with Crippen molar-refractivity contribution in [1.82, 2.24) is 20.5 Å². The molecular weight excluding hydrogens is 409 g/mol. The highest BCUT2D eigenvalue weighted by atomic mass is 35.5. The number of anilines is 1. The molecule has 1 aliphatic heterocycles. The number of halogens is 2. The number of benzene rings is 1. The van der Waals surface area contributed by atoms with Crippen LogP contribution in [0.1, 0.15) is 15.9 Å². The number of nitrogens with zero attached hydrogens (tertiary/aromatic N) is 4. The first kappa shape index (κ1) is 20.2. The maximum absolute atomic E-state index is 13.8. The Hall–Kier alpha value is -3.10. The van der Waals surface area contributed by atoms with Gasteiger partial charge in [-0.05, 0) is 24.3 Å². The fraction of sp³-hybridized carbons (Fsp3) is 0.238. The molecule has 9 heteroatoms. The molecule has 1 aromatic carbocycles. The molecule has 4 rings (SSSR count). The third kappa shape index (κ3) is 4.72. The van der Waals surface area contributed by atoms with Gasteiger partial charge in [0.05, 0.1) is 36.9 Å². The van der Waals surface area contributed by atoms with Gasteiger partial charge in [-0.3, -0.25) is 4.79 Å². The van der Waals surface area contributed by atoms with Gasteiger partial charge in [-0.1, -0.05) is 23.7 Å². The second-order valence-electron chi connectivity index (χ2n) is 6.75. The van der Waals surface area contributed by atoms with Crippen LogP contribution in [0.4, 0.5) is 10.2 Å². The number of rotatable bonds is 5. The fourth-order valence-electron chi connectivity index (χ4n) is 3.19. The SMILES string of the molecule is O=C(NCc1cc(F)cnc1N1CCOCC1)c1cnnc(-c2ccc(Cl)cc2)c1. The molecule has 0 unspecified atom stereocenters. The normalized spacial score (nSPS) is 13.9. The highest BCUT2D eigenvalue weighted by molar-refractivity contribution is 6.30. The number of carbonyl (C=O) groups excluding carboxylic acids is 1. The van der Waals surface area contributed by atoms with Crippen LogP contribution >= 0.6 is 11.6 Å². The average molecular weight is 428 g/mol. The van der Waals surface area contributed by atoms with E-state index in [1.807, 2.05) is 4.90 Å². The van der Waals surface area contributed by atoms with Gasteiger partial charge in [0.25, 0.3) is 5.91 Å². The van der Waals surface area contributed by atoms with Crippen molar-refractivity contribution >= 4 is 23.3 Å². The van der Waals surface area contributed by atoms with E-state index in [9.17, 15) is 9.18 Å². The summed E-state index contributed by atoms with van der Waals surface area (Å²) in [6.45, 7) is 2.63. The molecular formula is C21H19ClFN5O2. The standard InChI is InChI=1S/C21H19ClFN5O2/c22-17-3-1-14(2-4-17)19-10-16(12-26-27-19)21(29)25-11-15-9-18(23)13-24-20(15)28-5-7-30-8-6-28/h1-4,9-10,12-13H,5-8,11H2,(H,25,29). The molecule has 3 heterocycles. The number of amides is 1. The number of hydrogen-bond acceptors (Lipinski definition) is 6. The van der Waals surface area contributed by atoms with Crippen molar-refractivity contribution in [2.45, 2.75) is 6.54 Å². The van der Waals surface area contributed by atoms with Crippen molar-refractivity contribution in [3.8, 4) is 11.3 Å². The summed E-state index contributed by atoms with van der Waals surface area (Å²) >= 11 is 5.92. The number of aromatic nitrogens is 3. The summed E-state index contributed by atoms with van der Waals surface area (Å²) in [5, 5.41) is 11.4. The predicted octanol–water partition coefficient (Wildman–Crippen LogP) is 3.10. The Bertz CT molecular complexity index is 1040. The monoisotopic (exact) mass is 427 g/mol. The molecule has 1 saturated heterocycles. The third-order valence-electron chi connectivity index (χ3n) is 4.72. The lowest BCUT2D eigenvalue weighted by atomic mass is 10.1. The van der Waals surface area contributed by atoms with Crippen molar-refractivity contribution in [2.75, 3.05) is 31.2 Å². The van der Waals surface area contributed by atoms with Crippen molar-refractivity contribution in [2.24, 2.45) is 0 Å². The van der Waals surface area contributed by atoms with Gasteiger partial charge < -0.3 is 15.0 Å². The smallest absolute Gasteiger partial charge is 0.253 e. The molecule has 0 aliphatic carbocycles. The van der Waals surface area contributed by atoms with Gasteiger partial charge in [-0.2, -0.15) is 10.2 Å². The van der Waals surface area contributed by atoms with Gasteiger partial charge in [0, 0.05) is 35.8 Å². The Kier molecular flexibility index (Phi) is 6.15. The molecule has 2 aromatic heterocycles. The Labute approximate surface area is 177 Å². The van der Waals surface area contributed by atoms with Crippen molar-refractivity contribution in [3.63, 3.8) is 0 Å². The van der Waals surface area contributed by atoms with E-state index in [1.165, 1.54) is 18.5 Å². The first-order chi connectivity index (χ1) is 14.6. The molecule has 7 nitrogen and oxygen atoms in total. The number of hydrogen-bond donors (Lipinski definition) is 1. The lowest BCUT2D eigenvalue weighted by molar-refractivity contribution is 0.0950. The van der Waals surface area contributed by atoms with E-state index in [4.69, 9.17) is 16.3 Å². The molecule has 1 aliphatic rings. The zero-order valence-electron chi connectivity index (χ0n) is 16.0. The minimum Gasteiger partial charge on any atom is -0.378 e. The minimum absolute atomic E-state index is 0.134. The Morgan fingerprint density at radius 1 is 1.17 bits per heavy atom. The Morgan fingerprint density at radius 3 is 2.70 bits per heavy atom. The summed E-state index contributed by atoms with van der Waals surface area (Å²) in [6, 6.07) is 10.1. The zero-order valence-corrected chi connectivity index (χ0v) is 16.8. The lowest BCUT2D eigenvalue weighted by Crippen LogP contribution is -2.38. The van der Waals surface area contributed by atoms with Gasteiger partial charge in [0.1, 0.15) is 11.6 Å². The number of ether oxygens (including phenoxy) is 1. The molecule has 0 radical (unpaired) electrons. The summed E-state index contributed by atoms with van der Waals surface area (Å²) in [5.74, 6) is -0.140. The van der Waals surface area contributed by atoms with Crippen LogP contribution in [0.25, 0.3) is 11.3 Å². The lowest BCUT2D eigenvalue weighted by Gasteiger charge is -2.29. The van der Waals surface area contributed by atoms with Crippen LogP contribution in [0.3, 0.4) is 0 Å². The van der Waals surface area contributed by atoms with E-state index < -0.39 is 5.82 Å². The molecule has 0 spiro atoms. The van der Waals surface area contributed by atoms with E-state index >= 15 is 0 Å². The van der Waals surface area contributed by atoms with Gasteiger partial charge in [-0.25, -0.2) is 9.37 Å². The second kappa shape index (κ2) is 9.15. The topological polar surface area (TPSA) is 80.2 Å². The van der Waals surface area contributed by atoms with E-state index in [1.54, 1.807) is 30.3 Å². The molecule has 0 bridgehead atoms. The maximum Gasteiger partial charge on any atom is 0.253 e. The van der Waals surface area contributed by atoms with E-state index in [-0.39, 0.29) is 12.5 Å². The van der Waals surface area contributed by atoms with Crippen molar-refractivity contribution < 1.29 is 13.9 Å². The van der Waals surface area contributed by atoms with Crippen LogP contribution < -0.4 is 10.2 Å². The molecule has 1 amide bonds. The highest BCUT2D eigenvalue weighted by Gasteiger charge is 2.18. The molecule has 3 aromatic rings. The summed E-state index contributed by atoms with van der Waals surface area (Å²) in [7, 11) is 0. The first-order valence-electron chi connectivity index (χ1n) is 9.44. The maximum atomic E-state index is 13.8. The average Bonchev–Trinajstić information content (AvgIpc) is 2.79. The molecule has 30 heavy (non-hydrogen) atoms. The molecule has 1 fully saturated rings. The summed E-state index contributed by atoms with van der Waals surface area (Å²) in [4.78, 5) is 18.9. The van der Waals surface area contributed by atoms with E-state index in [2.05, 4.69) is 20.5 Å².